The Bertz CT molecular complexity index is 1290. The Morgan fingerprint density at radius 1 is 0.613 bits per heavy atom. The van der Waals surface area contributed by atoms with E-state index in [0.29, 0.717) is 12.0 Å². The zero-order valence-corrected chi connectivity index (χ0v) is 16.4. The van der Waals surface area contributed by atoms with Crippen molar-refractivity contribution in [2.45, 2.75) is 19.8 Å². The minimum Gasteiger partial charge on any atom is -0.206 e. The van der Waals surface area contributed by atoms with Crippen LogP contribution in [0.4, 0.5) is 26.3 Å². The summed E-state index contributed by atoms with van der Waals surface area (Å²) in [6, 6.07) is 10.9. The van der Waals surface area contributed by atoms with Crippen molar-refractivity contribution in [3.05, 3.63) is 95.1 Å². The average Bonchev–Trinajstić information content (AvgIpc) is 2.71. The second kappa shape index (κ2) is 8.10. The lowest BCUT2D eigenvalue weighted by Crippen LogP contribution is -1.96. The van der Waals surface area contributed by atoms with Crippen LogP contribution < -0.4 is 0 Å². The van der Waals surface area contributed by atoms with Crippen molar-refractivity contribution in [3.63, 3.8) is 0 Å². The van der Waals surface area contributed by atoms with E-state index in [0.717, 1.165) is 18.6 Å². The van der Waals surface area contributed by atoms with Crippen LogP contribution in [0.25, 0.3) is 33.0 Å². The highest BCUT2D eigenvalue weighted by atomic mass is 19.2. The molecule has 4 aromatic rings. The van der Waals surface area contributed by atoms with Crippen LogP contribution in [0.2, 0.25) is 0 Å². The molecule has 158 valence electrons. The van der Waals surface area contributed by atoms with E-state index in [1.807, 2.05) is 6.92 Å². The van der Waals surface area contributed by atoms with Crippen LogP contribution in [0.15, 0.2) is 54.6 Å². The fourth-order valence-electron chi connectivity index (χ4n) is 3.71. The van der Waals surface area contributed by atoms with Crippen LogP contribution in [0.3, 0.4) is 0 Å². The predicted molar refractivity (Wildman–Crippen MR) is 109 cm³/mol. The maximum absolute atomic E-state index is 14.9. The number of halogens is 6. The molecule has 0 aromatic heterocycles. The van der Waals surface area contributed by atoms with E-state index in [1.54, 1.807) is 0 Å². The molecule has 0 nitrogen and oxygen atoms in total. The van der Waals surface area contributed by atoms with Crippen LogP contribution >= 0.6 is 0 Å². The summed E-state index contributed by atoms with van der Waals surface area (Å²) in [5, 5.41) is -0.0861. The summed E-state index contributed by atoms with van der Waals surface area (Å²) in [5.41, 5.74) is 0.563. The third-order valence-corrected chi connectivity index (χ3v) is 5.18. The molecular formula is C25H16F6. The molecule has 0 aliphatic carbocycles. The smallest absolute Gasteiger partial charge is 0.195 e. The molecule has 6 heteroatoms. The molecule has 0 saturated heterocycles. The molecule has 0 N–H and O–H groups in total. The minimum atomic E-state index is -1.58. The molecule has 0 radical (unpaired) electrons. The van der Waals surface area contributed by atoms with Gasteiger partial charge in [0.25, 0.3) is 0 Å². The molecule has 0 bridgehead atoms. The van der Waals surface area contributed by atoms with Gasteiger partial charge in [-0.15, -0.1) is 0 Å². The Morgan fingerprint density at radius 3 is 1.94 bits per heavy atom. The first-order chi connectivity index (χ1) is 14.8. The lowest BCUT2D eigenvalue weighted by atomic mass is 9.96. The molecule has 0 fully saturated rings. The summed E-state index contributed by atoms with van der Waals surface area (Å²) >= 11 is 0. The largest absolute Gasteiger partial charge is 0.206 e. The highest BCUT2D eigenvalue weighted by molar-refractivity contribution is 5.88. The van der Waals surface area contributed by atoms with Gasteiger partial charge in [-0.1, -0.05) is 37.6 Å². The molecule has 0 heterocycles. The van der Waals surface area contributed by atoms with Crippen molar-refractivity contribution < 1.29 is 26.3 Å². The first kappa shape index (κ1) is 21.0. The fraction of sp³-hybridized carbons (Fsp3) is 0.120. The molecule has 0 atom stereocenters. The summed E-state index contributed by atoms with van der Waals surface area (Å²) in [4.78, 5) is 0. The Labute approximate surface area is 174 Å². The van der Waals surface area contributed by atoms with Gasteiger partial charge in [0.1, 0.15) is 17.5 Å². The SMILES string of the molecule is CCCc1cc(F)c(-c2ccc(-c3ccc4c(F)c(F)c(F)cc4c3)c(F)c2)c(F)c1. The van der Waals surface area contributed by atoms with E-state index in [2.05, 4.69) is 0 Å². The Kier molecular flexibility index (Phi) is 5.48. The zero-order chi connectivity index (χ0) is 22.3. The van der Waals surface area contributed by atoms with Gasteiger partial charge in [-0.2, -0.15) is 0 Å². The van der Waals surface area contributed by atoms with Crippen LogP contribution in [-0.2, 0) is 6.42 Å². The van der Waals surface area contributed by atoms with E-state index in [-0.39, 0.29) is 33.0 Å². The van der Waals surface area contributed by atoms with E-state index in [4.69, 9.17) is 0 Å². The van der Waals surface area contributed by atoms with Crippen LogP contribution in [0, 0.1) is 34.9 Å². The lowest BCUT2D eigenvalue weighted by molar-refractivity contribution is 0.453. The Balaban J connectivity index is 1.77. The molecular weight excluding hydrogens is 414 g/mol. The number of hydrogen-bond acceptors (Lipinski definition) is 0. The normalized spacial score (nSPS) is 11.3. The van der Waals surface area contributed by atoms with Crippen LogP contribution in [0.5, 0.6) is 0 Å². The second-order valence-electron chi connectivity index (χ2n) is 7.30. The predicted octanol–water partition coefficient (Wildman–Crippen LogP) is 7.96. The second-order valence-corrected chi connectivity index (χ2v) is 7.30. The summed E-state index contributed by atoms with van der Waals surface area (Å²) < 4.78 is 84.7. The lowest BCUT2D eigenvalue weighted by Gasteiger charge is -2.11. The van der Waals surface area contributed by atoms with Gasteiger partial charge < -0.3 is 0 Å². The van der Waals surface area contributed by atoms with Crippen molar-refractivity contribution >= 4 is 10.8 Å². The first-order valence-electron chi connectivity index (χ1n) is 9.65. The summed E-state index contributed by atoms with van der Waals surface area (Å²) in [6.45, 7) is 1.89. The fourth-order valence-corrected chi connectivity index (χ4v) is 3.71. The van der Waals surface area contributed by atoms with E-state index in [1.165, 1.54) is 42.5 Å². The third-order valence-electron chi connectivity index (χ3n) is 5.18. The van der Waals surface area contributed by atoms with E-state index < -0.39 is 34.9 Å². The highest BCUT2D eigenvalue weighted by Gasteiger charge is 2.17. The summed E-state index contributed by atoms with van der Waals surface area (Å²) in [6.07, 6.45) is 1.25. The highest BCUT2D eigenvalue weighted by Crippen LogP contribution is 2.34. The van der Waals surface area contributed by atoms with Gasteiger partial charge in [-0.25, -0.2) is 26.3 Å². The van der Waals surface area contributed by atoms with E-state index >= 15 is 0 Å². The standard InChI is InChI=1S/C25H16F6/c1-2-3-13-8-20(27)23(21(28)9-13)15-5-6-17(19(26)11-15)14-4-7-18-16(10-14)12-22(29)25(31)24(18)30/h4-12H,2-3H2,1H3. The number of benzene rings is 4. The topological polar surface area (TPSA) is 0 Å². The monoisotopic (exact) mass is 430 g/mol. The number of fused-ring (bicyclic) bond motifs is 1. The Morgan fingerprint density at radius 2 is 1.29 bits per heavy atom. The minimum absolute atomic E-state index is 0.0271. The molecule has 4 rings (SSSR count). The van der Waals surface area contributed by atoms with Crippen molar-refractivity contribution in [2.24, 2.45) is 0 Å². The van der Waals surface area contributed by atoms with Gasteiger partial charge in [0, 0.05) is 10.9 Å². The molecule has 0 unspecified atom stereocenters. The molecule has 0 aliphatic rings. The van der Waals surface area contributed by atoms with Gasteiger partial charge in [0.15, 0.2) is 17.5 Å². The molecule has 31 heavy (non-hydrogen) atoms. The quantitative estimate of drug-likeness (QED) is 0.228. The Hall–Kier alpha value is -3.28. The number of rotatable bonds is 4. The van der Waals surface area contributed by atoms with Gasteiger partial charge >= 0.3 is 0 Å². The number of aryl methyl sites for hydroxylation is 1. The van der Waals surface area contributed by atoms with E-state index in [9.17, 15) is 26.3 Å². The average molecular weight is 430 g/mol. The van der Waals surface area contributed by atoms with Crippen molar-refractivity contribution in [1.29, 1.82) is 0 Å². The van der Waals surface area contributed by atoms with Crippen molar-refractivity contribution in [2.75, 3.05) is 0 Å². The van der Waals surface area contributed by atoms with Crippen molar-refractivity contribution in [1.82, 2.24) is 0 Å². The molecule has 0 aliphatic heterocycles. The summed E-state index contributed by atoms with van der Waals surface area (Å²) in [5.74, 6) is -6.59. The molecule has 4 aromatic carbocycles. The molecule has 0 saturated carbocycles. The first-order valence-corrected chi connectivity index (χ1v) is 9.65. The van der Waals surface area contributed by atoms with Gasteiger partial charge in [-0.3, -0.25) is 0 Å². The van der Waals surface area contributed by atoms with Gasteiger partial charge in [0.05, 0.1) is 5.56 Å². The van der Waals surface area contributed by atoms with Gasteiger partial charge in [0.2, 0.25) is 0 Å². The summed E-state index contributed by atoms with van der Waals surface area (Å²) in [7, 11) is 0. The van der Waals surface area contributed by atoms with Crippen molar-refractivity contribution in [3.8, 4) is 22.3 Å². The molecule has 0 spiro atoms. The third kappa shape index (κ3) is 3.78. The molecule has 0 amide bonds. The maximum atomic E-state index is 14.9. The zero-order valence-electron chi connectivity index (χ0n) is 16.4. The van der Waals surface area contributed by atoms with Gasteiger partial charge in [-0.05, 0) is 58.8 Å². The van der Waals surface area contributed by atoms with Crippen LogP contribution in [-0.4, -0.2) is 0 Å². The van der Waals surface area contributed by atoms with Crippen LogP contribution in [0.1, 0.15) is 18.9 Å². The maximum Gasteiger partial charge on any atom is 0.195 e. The number of hydrogen-bond donors (Lipinski definition) is 0.